The molecule has 1 aliphatic rings. The van der Waals surface area contributed by atoms with Crippen LogP contribution in [-0.2, 0) is 11.3 Å². The summed E-state index contributed by atoms with van der Waals surface area (Å²) in [5.74, 6) is -0.309. The summed E-state index contributed by atoms with van der Waals surface area (Å²) in [5, 5.41) is 0. The molecule has 4 N–H and O–H groups in total. The number of nitrogens with zero attached hydrogens (tertiary/aromatic N) is 4. The first-order valence-electron chi connectivity index (χ1n) is 8.37. The second kappa shape index (κ2) is 8.19. The molecular weight excluding hydrogens is 332 g/mol. The first-order valence-corrected chi connectivity index (χ1v) is 8.37. The highest BCUT2D eigenvalue weighted by Gasteiger charge is 2.17. The van der Waals surface area contributed by atoms with Crippen molar-refractivity contribution in [2.75, 3.05) is 36.0 Å². The van der Waals surface area contributed by atoms with Gasteiger partial charge in [-0.3, -0.25) is 4.98 Å². The number of pyridine rings is 1. The number of amides is 1. The average Bonchev–Trinajstić information content (AvgIpc) is 2.67. The summed E-state index contributed by atoms with van der Waals surface area (Å²) >= 11 is 0. The number of guanidine groups is 1. The van der Waals surface area contributed by atoms with Crippen molar-refractivity contribution < 1.29 is 9.53 Å². The summed E-state index contributed by atoms with van der Waals surface area (Å²) in [5.41, 5.74) is 13.5. The zero-order chi connectivity index (χ0) is 18.4. The summed E-state index contributed by atoms with van der Waals surface area (Å²) in [7, 11) is 0. The van der Waals surface area contributed by atoms with E-state index in [1.54, 1.807) is 0 Å². The Labute approximate surface area is 152 Å². The van der Waals surface area contributed by atoms with Crippen molar-refractivity contribution in [1.29, 1.82) is 0 Å². The lowest BCUT2D eigenvalue weighted by Crippen LogP contribution is -2.46. The number of aromatic nitrogens is 1. The molecule has 8 heteroatoms. The largest absolute Gasteiger partial charge is 0.443 e. The normalized spacial score (nSPS) is 14.0. The number of piperazine rings is 1. The summed E-state index contributed by atoms with van der Waals surface area (Å²) in [4.78, 5) is 23.5. The van der Waals surface area contributed by atoms with Gasteiger partial charge in [-0.1, -0.05) is 12.1 Å². The maximum atomic E-state index is 11.4. The second-order valence-corrected chi connectivity index (χ2v) is 5.94. The highest BCUT2D eigenvalue weighted by atomic mass is 16.5. The molecular formula is C18H22N6O2. The lowest BCUT2D eigenvalue weighted by molar-refractivity contribution is 0.151. The molecule has 1 saturated heterocycles. The minimum atomic E-state index is -0.790. The molecule has 0 aliphatic carbocycles. The molecule has 0 saturated carbocycles. The number of ether oxygens (including phenoxy) is 1. The zero-order valence-corrected chi connectivity index (χ0v) is 14.4. The van der Waals surface area contributed by atoms with Gasteiger partial charge >= 0.3 is 6.09 Å². The summed E-state index contributed by atoms with van der Waals surface area (Å²) in [6.45, 7) is 3.83. The fourth-order valence-corrected chi connectivity index (χ4v) is 2.90. The third-order valence-electron chi connectivity index (χ3n) is 4.17. The Hall–Kier alpha value is -3.29. The van der Waals surface area contributed by atoms with E-state index in [0.29, 0.717) is 0 Å². The standard InChI is InChI=1S/C18H22N6O2/c19-17(20)22-18(25)26-13-14-2-1-3-16(12-14)24-10-8-23(9-11-24)15-4-6-21-7-5-15/h1-7,12H,8-11,13H2,(H4,19,20,22,25). The van der Waals surface area contributed by atoms with E-state index in [0.717, 1.165) is 37.4 Å². The Morgan fingerprint density at radius 2 is 1.69 bits per heavy atom. The van der Waals surface area contributed by atoms with Crippen molar-refractivity contribution in [3.05, 3.63) is 54.4 Å². The average molecular weight is 354 g/mol. The second-order valence-electron chi connectivity index (χ2n) is 5.94. The number of carbonyl (C=O) groups is 1. The molecule has 3 rings (SSSR count). The first-order chi connectivity index (χ1) is 12.6. The molecule has 136 valence electrons. The molecule has 1 aromatic heterocycles. The number of anilines is 2. The molecule has 1 amide bonds. The Morgan fingerprint density at radius 3 is 2.35 bits per heavy atom. The van der Waals surface area contributed by atoms with Crippen molar-refractivity contribution in [3.8, 4) is 0 Å². The van der Waals surface area contributed by atoms with E-state index >= 15 is 0 Å². The minimum absolute atomic E-state index is 0.125. The highest BCUT2D eigenvalue weighted by molar-refractivity contribution is 5.87. The molecule has 0 atom stereocenters. The van der Waals surface area contributed by atoms with Crippen molar-refractivity contribution in [2.45, 2.75) is 6.61 Å². The lowest BCUT2D eigenvalue weighted by atomic mass is 10.1. The molecule has 2 aromatic rings. The number of aliphatic imine (C=N–C) groups is 1. The quantitative estimate of drug-likeness (QED) is 0.629. The van der Waals surface area contributed by atoms with Gasteiger partial charge in [0.1, 0.15) is 6.61 Å². The maximum Gasteiger partial charge on any atom is 0.437 e. The van der Waals surface area contributed by atoms with Gasteiger partial charge in [0.15, 0.2) is 5.96 Å². The van der Waals surface area contributed by atoms with Crippen molar-refractivity contribution in [3.63, 3.8) is 0 Å². The van der Waals surface area contributed by atoms with Gasteiger partial charge in [0.25, 0.3) is 0 Å². The molecule has 2 heterocycles. The van der Waals surface area contributed by atoms with E-state index in [2.05, 4.69) is 25.8 Å². The number of carbonyl (C=O) groups excluding carboxylic acids is 1. The van der Waals surface area contributed by atoms with Crippen LogP contribution in [0.2, 0.25) is 0 Å². The topological polar surface area (TPSA) is 110 Å². The summed E-state index contributed by atoms with van der Waals surface area (Å²) in [6, 6.07) is 12.0. The number of hydrogen-bond acceptors (Lipinski definition) is 5. The summed E-state index contributed by atoms with van der Waals surface area (Å²) in [6.07, 6.45) is 2.84. The van der Waals surface area contributed by atoms with Crippen LogP contribution >= 0.6 is 0 Å². The lowest BCUT2D eigenvalue weighted by Gasteiger charge is -2.37. The monoisotopic (exact) mass is 354 g/mol. The van der Waals surface area contributed by atoms with Gasteiger partial charge in [-0.2, -0.15) is 0 Å². The van der Waals surface area contributed by atoms with Gasteiger partial charge in [-0.25, -0.2) is 4.79 Å². The minimum Gasteiger partial charge on any atom is -0.443 e. The SMILES string of the molecule is NC(N)=NC(=O)OCc1cccc(N2CCN(c3ccncc3)CC2)c1. The van der Waals surface area contributed by atoms with Crippen LogP contribution in [0, 0.1) is 0 Å². The van der Waals surface area contributed by atoms with Gasteiger partial charge < -0.3 is 26.0 Å². The van der Waals surface area contributed by atoms with Crippen LogP contribution in [0.15, 0.2) is 53.8 Å². The molecule has 0 radical (unpaired) electrons. The molecule has 1 aromatic carbocycles. The van der Waals surface area contributed by atoms with Crippen LogP contribution < -0.4 is 21.3 Å². The third kappa shape index (κ3) is 4.62. The number of nitrogens with two attached hydrogens (primary N) is 2. The van der Waals surface area contributed by atoms with E-state index in [9.17, 15) is 4.79 Å². The van der Waals surface area contributed by atoms with E-state index in [1.165, 1.54) is 5.69 Å². The molecule has 1 aliphatic heterocycles. The molecule has 1 fully saturated rings. The van der Waals surface area contributed by atoms with E-state index in [4.69, 9.17) is 16.2 Å². The smallest absolute Gasteiger partial charge is 0.437 e. The predicted octanol–water partition coefficient (Wildman–Crippen LogP) is 1.32. The van der Waals surface area contributed by atoms with Crippen LogP contribution in [0.1, 0.15) is 5.56 Å². The van der Waals surface area contributed by atoms with Crippen LogP contribution in [0.4, 0.5) is 16.2 Å². The van der Waals surface area contributed by atoms with Crippen molar-refractivity contribution in [2.24, 2.45) is 16.5 Å². The van der Waals surface area contributed by atoms with E-state index < -0.39 is 6.09 Å². The van der Waals surface area contributed by atoms with Gasteiger partial charge in [-0.15, -0.1) is 4.99 Å². The van der Waals surface area contributed by atoms with Crippen LogP contribution in [0.3, 0.4) is 0 Å². The first kappa shape index (κ1) is 17.5. The highest BCUT2D eigenvalue weighted by Crippen LogP contribution is 2.21. The van der Waals surface area contributed by atoms with Crippen LogP contribution in [-0.4, -0.2) is 43.2 Å². The number of benzene rings is 1. The molecule has 0 bridgehead atoms. The molecule has 0 unspecified atom stereocenters. The summed E-state index contributed by atoms with van der Waals surface area (Å²) < 4.78 is 5.04. The molecule has 26 heavy (non-hydrogen) atoms. The third-order valence-corrected chi connectivity index (χ3v) is 4.17. The van der Waals surface area contributed by atoms with Gasteiger partial charge in [0.2, 0.25) is 0 Å². The Balaban J connectivity index is 1.57. The number of rotatable bonds is 4. The van der Waals surface area contributed by atoms with E-state index in [1.807, 2.05) is 42.7 Å². The zero-order valence-electron chi connectivity index (χ0n) is 14.4. The van der Waals surface area contributed by atoms with Gasteiger partial charge in [-0.05, 0) is 29.8 Å². The Morgan fingerprint density at radius 1 is 1.04 bits per heavy atom. The predicted molar refractivity (Wildman–Crippen MR) is 101 cm³/mol. The van der Waals surface area contributed by atoms with Gasteiger partial charge in [0, 0.05) is 49.9 Å². The Bertz CT molecular complexity index is 768. The molecule has 0 spiro atoms. The maximum absolute atomic E-state index is 11.4. The molecule has 8 nitrogen and oxygen atoms in total. The van der Waals surface area contributed by atoms with E-state index in [-0.39, 0.29) is 12.6 Å². The van der Waals surface area contributed by atoms with Crippen LogP contribution in [0.5, 0.6) is 0 Å². The van der Waals surface area contributed by atoms with Crippen molar-refractivity contribution in [1.82, 2.24) is 4.98 Å². The fourth-order valence-electron chi connectivity index (χ4n) is 2.90. The van der Waals surface area contributed by atoms with Gasteiger partial charge in [0.05, 0.1) is 0 Å². The van der Waals surface area contributed by atoms with Crippen molar-refractivity contribution >= 4 is 23.4 Å². The fraction of sp³-hybridized carbons (Fsp3) is 0.278. The van der Waals surface area contributed by atoms with Crippen LogP contribution in [0.25, 0.3) is 0 Å². The Kier molecular flexibility index (Phi) is 5.52. The number of hydrogen-bond donors (Lipinski definition) is 2.